The molecular formula is C9H8F3N3O4. The maximum atomic E-state index is 12.4. The SMILES string of the molecule is O=C(O)CN(CC(F)(F)F)c1ccncc1[N+](=O)[O-]. The third kappa shape index (κ3) is 4.41. The molecule has 0 radical (unpaired) electrons. The first-order valence-corrected chi connectivity index (χ1v) is 4.82. The highest BCUT2D eigenvalue weighted by Crippen LogP contribution is 2.29. The van der Waals surface area contributed by atoms with Crippen molar-refractivity contribution in [3.63, 3.8) is 0 Å². The van der Waals surface area contributed by atoms with Crippen molar-refractivity contribution in [1.29, 1.82) is 0 Å². The number of alkyl halides is 3. The van der Waals surface area contributed by atoms with Gasteiger partial charge in [-0.2, -0.15) is 13.2 Å². The van der Waals surface area contributed by atoms with Gasteiger partial charge in [-0.15, -0.1) is 0 Å². The Morgan fingerprint density at radius 3 is 2.63 bits per heavy atom. The number of carboxylic acid groups (broad SMARTS) is 1. The third-order valence-electron chi connectivity index (χ3n) is 2.01. The van der Waals surface area contributed by atoms with E-state index in [1.807, 2.05) is 0 Å². The minimum atomic E-state index is -4.69. The number of carboxylic acids is 1. The van der Waals surface area contributed by atoms with Crippen molar-refractivity contribution >= 4 is 17.3 Å². The first-order chi connectivity index (χ1) is 8.70. The fourth-order valence-corrected chi connectivity index (χ4v) is 1.39. The average Bonchev–Trinajstić information content (AvgIpc) is 2.25. The molecule has 0 unspecified atom stereocenters. The van der Waals surface area contributed by atoms with Crippen LogP contribution in [0.1, 0.15) is 0 Å². The number of anilines is 1. The zero-order valence-electron chi connectivity index (χ0n) is 9.29. The molecular weight excluding hydrogens is 271 g/mol. The van der Waals surface area contributed by atoms with Crippen LogP contribution in [0.4, 0.5) is 24.5 Å². The van der Waals surface area contributed by atoms with Crippen LogP contribution in [0.15, 0.2) is 18.5 Å². The first kappa shape index (κ1) is 14.7. The molecule has 0 atom stereocenters. The highest BCUT2D eigenvalue weighted by Gasteiger charge is 2.34. The van der Waals surface area contributed by atoms with Crippen LogP contribution in [-0.2, 0) is 4.79 Å². The summed E-state index contributed by atoms with van der Waals surface area (Å²) in [6.45, 7) is -2.62. The van der Waals surface area contributed by atoms with Gasteiger partial charge in [0.05, 0.1) is 4.92 Å². The second-order valence-electron chi connectivity index (χ2n) is 3.49. The smallest absolute Gasteiger partial charge is 0.405 e. The lowest BCUT2D eigenvalue weighted by atomic mass is 10.3. The van der Waals surface area contributed by atoms with Crippen LogP contribution in [0, 0.1) is 10.1 Å². The van der Waals surface area contributed by atoms with Gasteiger partial charge >= 0.3 is 17.8 Å². The number of pyridine rings is 1. The highest BCUT2D eigenvalue weighted by atomic mass is 19.4. The van der Waals surface area contributed by atoms with Crippen LogP contribution in [-0.4, -0.2) is 40.2 Å². The van der Waals surface area contributed by atoms with Crippen LogP contribution < -0.4 is 4.90 Å². The van der Waals surface area contributed by atoms with Crippen LogP contribution in [0.2, 0.25) is 0 Å². The highest BCUT2D eigenvalue weighted by molar-refractivity contribution is 5.76. The van der Waals surface area contributed by atoms with Gasteiger partial charge in [-0.25, -0.2) is 0 Å². The minimum Gasteiger partial charge on any atom is -0.480 e. The molecule has 0 bridgehead atoms. The Labute approximate surface area is 104 Å². The fourth-order valence-electron chi connectivity index (χ4n) is 1.39. The summed E-state index contributed by atoms with van der Waals surface area (Å²) in [6, 6.07) is 0.965. The largest absolute Gasteiger partial charge is 0.480 e. The van der Waals surface area contributed by atoms with Crippen molar-refractivity contribution in [3.05, 3.63) is 28.6 Å². The van der Waals surface area contributed by atoms with Gasteiger partial charge in [0.25, 0.3) is 0 Å². The van der Waals surface area contributed by atoms with Gasteiger partial charge in [-0.1, -0.05) is 0 Å². The van der Waals surface area contributed by atoms with Crippen molar-refractivity contribution in [3.8, 4) is 0 Å². The molecule has 0 aliphatic rings. The van der Waals surface area contributed by atoms with E-state index in [1.165, 1.54) is 0 Å². The number of aromatic nitrogens is 1. The lowest BCUT2D eigenvalue weighted by molar-refractivity contribution is -0.384. The Kier molecular flexibility index (Phi) is 4.25. The number of nitrogens with zero attached hydrogens (tertiary/aromatic N) is 3. The summed E-state index contributed by atoms with van der Waals surface area (Å²) >= 11 is 0. The van der Waals surface area contributed by atoms with E-state index in [2.05, 4.69) is 4.98 Å². The van der Waals surface area contributed by atoms with E-state index in [4.69, 9.17) is 5.11 Å². The summed E-state index contributed by atoms with van der Waals surface area (Å²) in [5.74, 6) is -1.53. The third-order valence-corrected chi connectivity index (χ3v) is 2.01. The number of rotatable bonds is 5. The second kappa shape index (κ2) is 5.50. The summed E-state index contributed by atoms with van der Waals surface area (Å²) in [5, 5.41) is 19.3. The molecule has 1 aromatic heterocycles. The molecule has 0 aliphatic heterocycles. The Hall–Kier alpha value is -2.39. The van der Waals surface area contributed by atoms with Crippen LogP contribution >= 0.6 is 0 Å². The second-order valence-corrected chi connectivity index (χ2v) is 3.49. The molecule has 104 valence electrons. The van der Waals surface area contributed by atoms with E-state index in [9.17, 15) is 28.1 Å². The molecule has 0 saturated carbocycles. The maximum Gasteiger partial charge on any atom is 0.405 e. The van der Waals surface area contributed by atoms with E-state index < -0.39 is 41.5 Å². The van der Waals surface area contributed by atoms with Gasteiger partial charge in [0.1, 0.15) is 25.0 Å². The van der Waals surface area contributed by atoms with Gasteiger partial charge in [0.2, 0.25) is 0 Å². The topological polar surface area (TPSA) is 96.6 Å². The molecule has 0 spiro atoms. The maximum absolute atomic E-state index is 12.4. The number of aliphatic carboxylic acids is 1. The zero-order valence-corrected chi connectivity index (χ0v) is 9.29. The number of nitro groups is 1. The summed E-state index contributed by atoms with van der Waals surface area (Å²) in [5.41, 5.74) is -1.13. The molecule has 0 aromatic carbocycles. The van der Waals surface area contributed by atoms with Gasteiger partial charge < -0.3 is 10.0 Å². The van der Waals surface area contributed by atoms with Crippen molar-refractivity contribution in [2.75, 3.05) is 18.0 Å². The quantitative estimate of drug-likeness (QED) is 0.647. The number of hydrogen-bond donors (Lipinski definition) is 1. The molecule has 1 aromatic rings. The van der Waals surface area contributed by atoms with Gasteiger partial charge in [0, 0.05) is 6.20 Å². The van der Waals surface area contributed by atoms with Gasteiger partial charge in [-0.05, 0) is 6.07 Å². The summed E-state index contributed by atoms with van der Waals surface area (Å²) in [6.07, 6.45) is -2.87. The van der Waals surface area contributed by atoms with Crippen molar-refractivity contribution in [1.82, 2.24) is 4.98 Å². The first-order valence-electron chi connectivity index (χ1n) is 4.82. The standard InChI is InChI=1S/C9H8F3N3O4/c10-9(11,12)5-14(4-8(16)17)6-1-2-13-3-7(6)15(18)19/h1-3H,4-5H2,(H,16,17). The lowest BCUT2D eigenvalue weighted by Crippen LogP contribution is -2.38. The van der Waals surface area contributed by atoms with Crippen molar-refractivity contribution in [2.45, 2.75) is 6.18 Å². The lowest BCUT2D eigenvalue weighted by Gasteiger charge is -2.23. The Morgan fingerprint density at radius 2 is 2.16 bits per heavy atom. The van der Waals surface area contributed by atoms with Crippen LogP contribution in [0.25, 0.3) is 0 Å². The molecule has 1 N–H and O–H groups in total. The molecule has 10 heteroatoms. The number of halogens is 3. The van der Waals surface area contributed by atoms with E-state index in [1.54, 1.807) is 0 Å². The molecule has 0 saturated heterocycles. The Balaban J connectivity index is 3.17. The Morgan fingerprint density at radius 1 is 1.53 bits per heavy atom. The Bertz CT molecular complexity index is 492. The summed E-state index contributed by atoms with van der Waals surface area (Å²) in [7, 11) is 0. The summed E-state index contributed by atoms with van der Waals surface area (Å²) < 4.78 is 37.1. The monoisotopic (exact) mass is 279 g/mol. The molecule has 1 heterocycles. The van der Waals surface area contributed by atoms with Gasteiger partial charge in [-0.3, -0.25) is 19.9 Å². The summed E-state index contributed by atoms with van der Waals surface area (Å²) in [4.78, 5) is 24.1. The molecule has 1 rings (SSSR count). The minimum absolute atomic E-state index is 0.363. The molecule has 0 fully saturated rings. The van der Waals surface area contributed by atoms with E-state index in [0.717, 1.165) is 18.5 Å². The van der Waals surface area contributed by atoms with Crippen LogP contribution in [0.5, 0.6) is 0 Å². The molecule has 7 nitrogen and oxygen atoms in total. The molecule has 0 amide bonds. The number of carbonyl (C=O) groups is 1. The molecule has 0 aliphatic carbocycles. The van der Waals surface area contributed by atoms with Crippen molar-refractivity contribution in [2.24, 2.45) is 0 Å². The number of hydrogen-bond acceptors (Lipinski definition) is 5. The fraction of sp³-hybridized carbons (Fsp3) is 0.333. The van der Waals surface area contributed by atoms with Gasteiger partial charge in [0.15, 0.2) is 0 Å². The van der Waals surface area contributed by atoms with Crippen LogP contribution in [0.3, 0.4) is 0 Å². The van der Waals surface area contributed by atoms with E-state index in [0.29, 0.717) is 4.90 Å². The van der Waals surface area contributed by atoms with Crippen molar-refractivity contribution < 1.29 is 28.0 Å². The molecule has 19 heavy (non-hydrogen) atoms. The zero-order chi connectivity index (χ0) is 14.6. The average molecular weight is 279 g/mol. The van der Waals surface area contributed by atoms with E-state index >= 15 is 0 Å². The predicted molar refractivity (Wildman–Crippen MR) is 56.8 cm³/mol. The normalized spacial score (nSPS) is 11.1. The predicted octanol–water partition coefficient (Wildman–Crippen LogP) is 1.44. The van der Waals surface area contributed by atoms with E-state index in [-0.39, 0.29) is 0 Å².